The molecule has 0 unspecified atom stereocenters. The molecule has 0 spiro atoms. The van der Waals surface area contributed by atoms with Gasteiger partial charge in [-0.1, -0.05) is 5.16 Å². The lowest BCUT2D eigenvalue weighted by Crippen LogP contribution is -2.27. The standard InChI is InChI=1S/C13H17N5O2/c1-8-5-10(18-20-8)16-12(19)9-6-15-11(7-14-9)17-13(2,3)4/h5-7H,1-4H3,(H,15,17)(H,16,18,19). The molecular formula is C13H17N5O2. The minimum atomic E-state index is -0.381. The number of carbonyl (C=O) groups excluding carboxylic acids is 1. The lowest BCUT2D eigenvalue weighted by Gasteiger charge is -2.20. The van der Waals surface area contributed by atoms with Gasteiger partial charge >= 0.3 is 0 Å². The summed E-state index contributed by atoms with van der Waals surface area (Å²) < 4.78 is 4.86. The van der Waals surface area contributed by atoms with E-state index < -0.39 is 0 Å². The van der Waals surface area contributed by atoms with Gasteiger partial charge in [0.1, 0.15) is 17.3 Å². The van der Waals surface area contributed by atoms with E-state index in [1.165, 1.54) is 12.4 Å². The van der Waals surface area contributed by atoms with Gasteiger partial charge < -0.3 is 15.2 Å². The summed E-state index contributed by atoms with van der Waals surface area (Å²) in [6, 6.07) is 1.63. The summed E-state index contributed by atoms with van der Waals surface area (Å²) in [5.74, 6) is 1.21. The van der Waals surface area contributed by atoms with Crippen LogP contribution in [-0.4, -0.2) is 26.6 Å². The van der Waals surface area contributed by atoms with Gasteiger partial charge in [-0.05, 0) is 27.7 Å². The van der Waals surface area contributed by atoms with Crippen molar-refractivity contribution in [2.24, 2.45) is 0 Å². The molecule has 0 aliphatic rings. The van der Waals surface area contributed by atoms with Crippen molar-refractivity contribution >= 4 is 17.5 Å². The summed E-state index contributed by atoms with van der Waals surface area (Å²) in [7, 11) is 0. The molecule has 2 aromatic heterocycles. The molecule has 2 N–H and O–H groups in total. The van der Waals surface area contributed by atoms with Gasteiger partial charge in [-0.15, -0.1) is 0 Å². The molecule has 0 atom stereocenters. The first kappa shape index (κ1) is 14.0. The van der Waals surface area contributed by atoms with Crippen LogP contribution in [0.4, 0.5) is 11.6 Å². The summed E-state index contributed by atoms with van der Waals surface area (Å²) in [6.45, 7) is 7.79. The SMILES string of the molecule is Cc1cc(NC(=O)c2cnc(NC(C)(C)C)cn2)no1. The first-order chi connectivity index (χ1) is 9.33. The van der Waals surface area contributed by atoms with E-state index in [2.05, 4.69) is 25.8 Å². The van der Waals surface area contributed by atoms with E-state index in [0.717, 1.165) is 0 Å². The molecule has 7 nitrogen and oxygen atoms in total. The molecule has 0 aromatic carbocycles. The summed E-state index contributed by atoms with van der Waals surface area (Å²) in [5.41, 5.74) is 0.0987. The number of anilines is 2. The predicted molar refractivity (Wildman–Crippen MR) is 74.6 cm³/mol. The molecule has 106 valence electrons. The van der Waals surface area contributed by atoms with Crippen molar-refractivity contribution in [1.82, 2.24) is 15.1 Å². The van der Waals surface area contributed by atoms with E-state index in [9.17, 15) is 4.79 Å². The first-order valence-corrected chi connectivity index (χ1v) is 6.18. The lowest BCUT2D eigenvalue weighted by atomic mass is 10.1. The molecule has 0 saturated heterocycles. The van der Waals surface area contributed by atoms with Crippen LogP contribution in [0.15, 0.2) is 23.0 Å². The Balaban J connectivity index is 2.04. The molecule has 0 fully saturated rings. The molecule has 1 amide bonds. The Morgan fingerprint density at radius 2 is 1.95 bits per heavy atom. The minimum absolute atomic E-state index is 0.114. The Morgan fingerprint density at radius 1 is 1.20 bits per heavy atom. The zero-order valence-corrected chi connectivity index (χ0v) is 11.9. The van der Waals surface area contributed by atoms with Crippen LogP contribution in [0.2, 0.25) is 0 Å². The van der Waals surface area contributed by atoms with Crippen LogP contribution in [-0.2, 0) is 0 Å². The third-order valence-electron chi connectivity index (χ3n) is 2.26. The lowest BCUT2D eigenvalue weighted by molar-refractivity contribution is 0.102. The minimum Gasteiger partial charge on any atom is -0.364 e. The normalized spacial score (nSPS) is 11.2. The molecule has 0 radical (unpaired) electrons. The van der Waals surface area contributed by atoms with Crippen LogP contribution < -0.4 is 10.6 Å². The molecule has 2 aromatic rings. The number of hydrogen-bond donors (Lipinski definition) is 2. The Hall–Kier alpha value is -2.44. The van der Waals surface area contributed by atoms with Crippen LogP contribution in [0.25, 0.3) is 0 Å². The molecule has 0 saturated carbocycles. The topological polar surface area (TPSA) is 92.9 Å². The van der Waals surface area contributed by atoms with E-state index in [1.807, 2.05) is 20.8 Å². The number of aromatic nitrogens is 3. The second-order valence-electron chi connectivity index (χ2n) is 5.44. The van der Waals surface area contributed by atoms with Gasteiger partial charge in [0.15, 0.2) is 5.82 Å². The highest BCUT2D eigenvalue weighted by Crippen LogP contribution is 2.12. The molecule has 20 heavy (non-hydrogen) atoms. The quantitative estimate of drug-likeness (QED) is 0.892. The molecule has 0 aliphatic carbocycles. The highest BCUT2D eigenvalue weighted by Gasteiger charge is 2.13. The third kappa shape index (κ3) is 3.78. The van der Waals surface area contributed by atoms with Crippen LogP contribution in [0.5, 0.6) is 0 Å². The third-order valence-corrected chi connectivity index (χ3v) is 2.26. The molecule has 2 heterocycles. The van der Waals surface area contributed by atoms with Crippen LogP contribution in [0.1, 0.15) is 37.0 Å². The fourth-order valence-corrected chi connectivity index (χ4v) is 1.50. The number of amides is 1. The highest BCUT2D eigenvalue weighted by atomic mass is 16.5. The summed E-state index contributed by atoms with van der Waals surface area (Å²) in [4.78, 5) is 20.1. The summed E-state index contributed by atoms with van der Waals surface area (Å²) in [6.07, 6.45) is 2.94. The predicted octanol–water partition coefficient (Wildman–Crippen LogP) is 2.24. The van der Waals surface area contributed by atoms with Gasteiger partial charge in [0.05, 0.1) is 12.4 Å². The maximum Gasteiger partial charge on any atom is 0.277 e. The van der Waals surface area contributed by atoms with Crippen molar-refractivity contribution in [3.8, 4) is 0 Å². The Labute approximate surface area is 116 Å². The van der Waals surface area contributed by atoms with Crippen molar-refractivity contribution in [2.75, 3.05) is 10.6 Å². The fourth-order valence-electron chi connectivity index (χ4n) is 1.50. The van der Waals surface area contributed by atoms with Gasteiger partial charge in [0, 0.05) is 11.6 Å². The molecular weight excluding hydrogens is 258 g/mol. The highest BCUT2D eigenvalue weighted by molar-refractivity contribution is 6.02. The van der Waals surface area contributed by atoms with Crippen LogP contribution in [0.3, 0.4) is 0 Å². The van der Waals surface area contributed by atoms with Crippen molar-refractivity contribution in [3.05, 3.63) is 29.9 Å². The Morgan fingerprint density at radius 3 is 2.45 bits per heavy atom. The summed E-state index contributed by atoms with van der Waals surface area (Å²) in [5, 5.41) is 9.43. The monoisotopic (exact) mass is 275 g/mol. The maximum absolute atomic E-state index is 11.9. The number of nitrogens with one attached hydrogen (secondary N) is 2. The zero-order valence-electron chi connectivity index (χ0n) is 11.9. The van der Waals surface area contributed by atoms with Gasteiger partial charge in [-0.25, -0.2) is 9.97 Å². The average molecular weight is 275 g/mol. The van der Waals surface area contributed by atoms with Gasteiger partial charge in [-0.2, -0.15) is 0 Å². The van der Waals surface area contributed by atoms with Crippen molar-refractivity contribution in [3.63, 3.8) is 0 Å². The second kappa shape index (κ2) is 5.28. The van der Waals surface area contributed by atoms with Crippen molar-refractivity contribution in [2.45, 2.75) is 33.2 Å². The molecule has 2 rings (SSSR count). The average Bonchev–Trinajstić information content (AvgIpc) is 2.73. The van der Waals surface area contributed by atoms with E-state index in [1.54, 1.807) is 13.0 Å². The van der Waals surface area contributed by atoms with Gasteiger partial charge in [-0.3, -0.25) is 4.79 Å². The van der Waals surface area contributed by atoms with Gasteiger partial charge in [0.25, 0.3) is 5.91 Å². The summed E-state index contributed by atoms with van der Waals surface area (Å²) >= 11 is 0. The molecule has 0 bridgehead atoms. The van der Waals surface area contributed by atoms with Crippen molar-refractivity contribution < 1.29 is 9.32 Å². The number of rotatable bonds is 3. The van der Waals surface area contributed by atoms with E-state index in [0.29, 0.717) is 17.4 Å². The number of aryl methyl sites for hydroxylation is 1. The van der Waals surface area contributed by atoms with E-state index >= 15 is 0 Å². The molecule has 7 heteroatoms. The van der Waals surface area contributed by atoms with Crippen LogP contribution >= 0.6 is 0 Å². The second-order valence-corrected chi connectivity index (χ2v) is 5.44. The Bertz CT molecular complexity index is 598. The van der Waals surface area contributed by atoms with E-state index in [4.69, 9.17) is 4.52 Å². The van der Waals surface area contributed by atoms with Gasteiger partial charge in [0.2, 0.25) is 0 Å². The van der Waals surface area contributed by atoms with Crippen LogP contribution in [0, 0.1) is 6.92 Å². The zero-order chi connectivity index (χ0) is 14.8. The number of hydrogen-bond acceptors (Lipinski definition) is 6. The first-order valence-electron chi connectivity index (χ1n) is 6.18. The van der Waals surface area contributed by atoms with E-state index in [-0.39, 0.29) is 17.1 Å². The number of nitrogens with zero attached hydrogens (tertiary/aromatic N) is 3. The largest absolute Gasteiger partial charge is 0.364 e. The maximum atomic E-state index is 11.9. The smallest absolute Gasteiger partial charge is 0.277 e. The number of carbonyl (C=O) groups is 1. The fraction of sp³-hybridized carbons (Fsp3) is 0.385. The molecule has 0 aliphatic heterocycles. The van der Waals surface area contributed by atoms with Crippen molar-refractivity contribution in [1.29, 1.82) is 0 Å². The Kier molecular flexibility index (Phi) is 3.69.